The van der Waals surface area contributed by atoms with Crippen LogP contribution in [0.4, 0.5) is 0 Å². The van der Waals surface area contributed by atoms with E-state index in [2.05, 4.69) is 15.0 Å². The zero-order valence-electron chi connectivity index (χ0n) is 13.3. The van der Waals surface area contributed by atoms with E-state index >= 15 is 0 Å². The van der Waals surface area contributed by atoms with E-state index in [1.54, 1.807) is 38.2 Å². The van der Waals surface area contributed by atoms with E-state index in [1.807, 2.05) is 25.1 Å². The first-order chi connectivity index (χ1) is 10.5. The molecule has 0 unspecified atom stereocenters. The molecule has 2 rings (SSSR count). The maximum atomic E-state index is 12.7. The van der Waals surface area contributed by atoms with Gasteiger partial charge in [0.15, 0.2) is 0 Å². The molecule has 0 spiro atoms. The molecule has 2 aromatic rings. The number of hydrogen-bond donors (Lipinski definition) is 0. The Kier molecular flexibility index (Phi) is 5.16. The summed E-state index contributed by atoms with van der Waals surface area (Å²) in [5, 5.41) is 0. The first-order valence-electron chi connectivity index (χ1n) is 7.02. The van der Waals surface area contributed by atoms with Crippen molar-refractivity contribution in [2.45, 2.75) is 19.9 Å². The van der Waals surface area contributed by atoms with Crippen molar-refractivity contribution in [3.05, 3.63) is 53.4 Å². The number of amides is 1. The zero-order chi connectivity index (χ0) is 16.1. The highest BCUT2D eigenvalue weighted by atomic mass is 16.5. The molecule has 0 N–H and O–H groups in total. The molecule has 22 heavy (non-hydrogen) atoms. The highest BCUT2D eigenvalue weighted by molar-refractivity contribution is 5.92. The lowest BCUT2D eigenvalue weighted by Crippen LogP contribution is -2.35. The summed E-state index contributed by atoms with van der Waals surface area (Å²) in [4.78, 5) is 27.0. The van der Waals surface area contributed by atoms with Crippen molar-refractivity contribution in [1.29, 1.82) is 0 Å². The Hall–Kier alpha value is -2.34. The number of rotatable bonds is 5. The summed E-state index contributed by atoms with van der Waals surface area (Å²) in [6, 6.07) is 7.03. The van der Waals surface area contributed by atoms with Crippen LogP contribution in [0.5, 0.6) is 0 Å². The number of carbonyl (C=O) groups excluding carboxylic acids is 1. The Bertz CT molecular complexity index is 626. The fraction of sp³-hybridized carbons (Fsp3) is 0.375. The lowest BCUT2D eigenvalue weighted by molar-refractivity contribution is 0.0589. The number of pyridine rings is 1. The van der Waals surface area contributed by atoms with Crippen LogP contribution in [0.25, 0.3) is 0 Å². The number of likely N-dealkylation sites (N-methyl/N-ethyl adjacent to an activating group) is 1. The molecule has 0 fully saturated rings. The Morgan fingerprint density at radius 1 is 1.32 bits per heavy atom. The van der Waals surface area contributed by atoms with Gasteiger partial charge < -0.3 is 9.64 Å². The van der Waals surface area contributed by atoms with Crippen molar-refractivity contribution >= 4 is 5.91 Å². The fourth-order valence-electron chi connectivity index (χ4n) is 2.28. The molecule has 0 aliphatic heterocycles. The largest absolute Gasteiger partial charge is 0.382 e. The normalized spacial score (nSPS) is 12.0. The van der Waals surface area contributed by atoms with E-state index in [0.717, 1.165) is 11.4 Å². The molecule has 0 aromatic carbocycles. The average Bonchev–Trinajstić information content (AvgIpc) is 2.51. The zero-order valence-corrected chi connectivity index (χ0v) is 13.3. The third kappa shape index (κ3) is 3.65. The fourth-order valence-corrected chi connectivity index (χ4v) is 2.28. The van der Waals surface area contributed by atoms with E-state index < -0.39 is 0 Å². The SMILES string of the molecule is COC[C@@H](c1ccccn1)N(C)C(=O)c1cc(C)nc(C)n1. The predicted octanol–water partition coefficient (Wildman–Crippen LogP) is 1.95. The smallest absolute Gasteiger partial charge is 0.272 e. The van der Waals surface area contributed by atoms with Crippen LogP contribution in [-0.4, -0.2) is 46.5 Å². The van der Waals surface area contributed by atoms with Crippen molar-refractivity contribution in [2.75, 3.05) is 20.8 Å². The van der Waals surface area contributed by atoms with Gasteiger partial charge in [-0.05, 0) is 32.0 Å². The Labute approximate surface area is 130 Å². The van der Waals surface area contributed by atoms with Gasteiger partial charge in [0, 0.05) is 26.0 Å². The van der Waals surface area contributed by atoms with E-state index in [1.165, 1.54) is 0 Å². The molecule has 0 saturated carbocycles. The maximum absolute atomic E-state index is 12.7. The van der Waals surface area contributed by atoms with E-state index in [-0.39, 0.29) is 11.9 Å². The molecule has 1 amide bonds. The van der Waals surface area contributed by atoms with Gasteiger partial charge in [0.1, 0.15) is 11.5 Å². The van der Waals surface area contributed by atoms with Crippen LogP contribution in [0.1, 0.15) is 33.7 Å². The second-order valence-electron chi connectivity index (χ2n) is 5.08. The van der Waals surface area contributed by atoms with Gasteiger partial charge in [0.25, 0.3) is 5.91 Å². The summed E-state index contributed by atoms with van der Waals surface area (Å²) in [5.74, 6) is 0.402. The molecule has 2 heterocycles. The molecule has 1 atom stereocenters. The Balaban J connectivity index is 2.30. The van der Waals surface area contributed by atoms with E-state index in [0.29, 0.717) is 18.1 Å². The van der Waals surface area contributed by atoms with E-state index in [4.69, 9.17) is 4.74 Å². The van der Waals surface area contributed by atoms with Gasteiger partial charge >= 0.3 is 0 Å². The number of carbonyl (C=O) groups is 1. The summed E-state index contributed by atoms with van der Waals surface area (Å²) in [6.07, 6.45) is 1.70. The number of hydrogen-bond acceptors (Lipinski definition) is 5. The minimum absolute atomic E-state index is 0.179. The van der Waals surface area contributed by atoms with Gasteiger partial charge in [-0.2, -0.15) is 0 Å². The molecule has 0 aliphatic rings. The highest BCUT2D eigenvalue weighted by Crippen LogP contribution is 2.19. The van der Waals surface area contributed by atoms with Gasteiger partial charge in [-0.15, -0.1) is 0 Å². The van der Waals surface area contributed by atoms with Crippen molar-refractivity contribution in [3.63, 3.8) is 0 Å². The lowest BCUT2D eigenvalue weighted by atomic mass is 10.1. The molecule has 0 saturated heterocycles. The van der Waals surface area contributed by atoms with Crippen LogP contribution in [0.3, 0.4) is 0 Å². The van der Waals surface area contributed by atoms with Crippen molar-refractivity contribution in [1.82, 2.24) is 19.9 Å². The molecule has 0 aliphatic carbocycles. The standard InChI is InChI=1S/C16H20N4O2/c1-11-9-14(19-12(2)18-11)16(21)20(3)15(10-22-4)13-7-5-6-8-17-13/h5-9,15H,10H2,1-4H3/t15-/m0/s1. The number of nitrogens with zero attached hydrogens (tertiary/aromatic N) is 4. The maximum Gasteiger partial charge on any atom is 0.272 e. The predicted molar refractivity (Wildman–Crippen MR) is 82.5 cm³/mol. The topological polar surface area (TPSA) is 68.2 Å². The number of aryl methyl sites for hydroxylation is 2. The molecule has 6 heteroatoms. The second kappa shape index (κ2) is 7.09. The second-order valence-corrected chi connectivity index (χ2v) is 5.08. The monoisotopic (exact) mass is 300 g/mol. The van der Waals surface area contributed by atoms with Crippen molar-refractivity contribution in [3.8, 4) is 0 Å². The van der Waals surface area contributed by atoms with Crippen LogP contribution >= 0.6 is 0 Å². The summed E-state index contributed by atoms with van der Waals surface area (Å²) >= 11 is 0. The van der Waals surface area contributed by atoms with Crippen LogP contribution < -0.4 is 0 Å². The van der Waals surface area contributed by atoms with Gasteiger partial charge in [-0.1, -0.05) is 6.07 Å². The number of methoxy groups -OCH3 is 1. The molecule has 2 aromatic heterocycles. The van der Waals surface area contributed by atoms with Gasteiger partial charge in [0.2, 0.25) is 0 Å². The molecule has 0 radical (unpaired) electrons. The Morgan fingerprint density at radius 2 is 2.09 bits per heavy atom. The first-order valence-corrected chi connectivity index (χ1v) is 7.02. The van der Waals surface area contributed by atoms with Crippen LogP contribution in [-0.2, 0) is 4.74 Å². The molecule has 6 nitrogen and oxygen atoms in total. The number of aromatic nitrogens is 3. The van der Waals surface area contributed by atoms with Crippen LogP contribution in [0, 0.1) is 13.8 Å². The minimum atomic E-state index is -0.269. The van der Waals surface area contributed by atoms with Gasteiger partial charge in [-0.25, -0.2) is 9.97 Å². The quantitative estimate of drug-likeness (QED) is 0.844. The van der Waals surface area contributed by atoms with Crippen LogP contribution in [0.2, 0.25) is 0 Å². The van der Waals surface area contributed by atoms with Crippen molar-refractivity contribution < 1.29 is 9.53 Å². The summed E-state index contributed by atoms with van der Waals surface area (Å²) < 4.78 is 5.25. The molecule has 0 bridgehead atoms. The minimum Gasteiger partial charge on any atom is -0.382 e. The first kappa shape index (κ1) is 16.0. The Morgan fingerprint density at radius 3 is 2.68 bits per heavy atom. The van der Waals surface area contributed by atoms with Crippen LogP contribution in [0.15, 0.2) is 30.5 Å². The van der Waals surface area contributed by atoms with E-state index in [9.17, 15) is 4.79 Å². The van der Waals surface area contributed by atoms with Gasteiger partial charge in [0.05, 0.1) is 18.3 Å². The average molecular weight is 300 g/mol. The molecular weight excluding hydrogens is 280 g/mol. The highest BCUT2D eigenvalue weighted by Gasteiger charge is 2.25. The van der Waals surface area contributed by atoms with Crippen molar-refractivity contribution in [2.24, 2.45) is 0 Å². The molecular formula is C16H20N4O2. The number of ether oxygens (including phenoxy) is 1. The molecule has 116 valence electrons. The third-order valence-electron chi connectivity index (χ3n) is 3.33. The lowest BCUT2D eigenvalue weighted by Gasteiger charge is -2.27. The summed E-state index contributed by atoms with van der Waals surface area (Å²) in [7, 11) is 3.33. The third-order valence-corrected chi connectivity index (χ3v) is 3.33. The summed E-state index contributed by atoms with van der Waals surface area (Å²) in [5.41, 5.74) is 1.93. The van der Waals surface area contributed by atoms with Gasteiger partial charge in [-0.3, -0.25) is 9.78 Å². The summed E-state index contributed by atoms with van der Waals surface area (Å²) in [6.45, 7) is 3.98.